The lowest BCUT2D eigenvalue weighted by Crippen LogP contribution is -1.93. The summed E-state index contributed by atoms with van der Waals surface area (Å²) in [6.07, 6.45) is 5.12. The van der Waals surface area contributed by atoms with Gasteiger partial charge in [0.2, 0.25) is 0 Å². The van der Waals surface area contributed by atoms with Crippen molar-refractivity contribution in [2.24, 2.45) is 7.05 Å². The number of halogens is 1. The first-order valence-corrected chi connectivity index (χ1v) is 6.65. The normalized spacial score (nSPS) is 10.1. The molecule has 0 N–H and O–H groups in total. The Morgan fingerprint density at radius 3 is 2.58 bits per heavy atom. The Labute approximate surface area is 117 Å². The second kappa shape index (κ2) is 5.85. The van der Waals surface area contributed by atoms with Crippen LogP contribution in [0.1, 0.15) is 13.8 Å². The number of benzene rings is 1. The van der Waals surface area contributed by atoms with Crippen LogP contribution in [0.2, 0.25) is 5.02 Å². The Morgan fingerprint density at radius 1 is 1.11 bits per heavy atom. The zero-order valence-corrected chi connectivity index (χ0v) is 12.0. The highest BCUT2D eigenvalue weighted by Gasteiger charge is 2.08. The molecule has 0 aliphatic carbocycles. The topological polar surface area (TPSA) is 30.7 Å². The van der Waals surface area contributed by atoms with Gasteiger partial charge in [0, 0.05) is 35.4 Å². The number of nitrogens with zero attached hydrogens (tertiary/aromatic N) is 3. The average Bonchev–Trinajstić information content (AvgIpc) is 2.78. The monoisotopic (exact) mass is 273 g/mol. The van der Waals surface area contributed by atoms with E-state index in [9.17, 15) is 0 Å². The molecule has 1 aromatic carbocycles. The Hall–Kier alpha value is -1.87. The minimum atomic E-state index is 0.744. The number of hydrogen-bond donors (Lipinski definition) is 0. The molecule has 3 rings (SSSR count). The first-order chi connectivity index (χ1) is 9.25. The minimum Gasteiger partial charge on any atom is -0.342 e. The molecule has 3 aromatic rings. The molecular weight excluding hydrogens is 258 g/mol. The van der Waals surface area contributed by atoms with Gasteiger partial charge in [-0.2, -0.15) is 0 Å². The molecule has 19 heavy (non-hydrogen) atoms. The summed E-state index contributed by atoms with van der Waals surface area (Å²) in [5.41, 5.74) is 3.03. The first-order valence-electron chi connectivity index (χ1n) is 6.27. The van der Waals surface area contributed by atoms with E-state index in [0.717, 1.165) is 27.3 Å². The van der Waals surface area contributed by atoms with Crippen LogP contribution in [0.5, 0.6) is 0 Å². The van der Waals surface area contributed by atoms with Crippen molar-refractivity contribution in [3.8, 4) is 11.4 Å². The fraction of sp³-hybridized carbons (Fsp3) is 0.200. The summed E-state index contributed by atoms with van der Waals surface area (Å²) in [6.45, 7) is 4.00. The van der Waals surface area contributed by atoms with Gasteiger partial charge in [-0.1, -0.05) is 25.4 Å². The van der Waals surface area contributed by atoms with Gasteiger partial charge in [-0.15, -0.1) is 0 Å². The van der Waals surface area contributed by atoms with E-state index < -0.39 is 0 Å². The highest BCUT2D eigenvalue weighted by Crippen LogP contribution is 2.27. The fourth-order valence-electron chi connectivity index (χ4n) is 2.00. The summed E-state index contributed by atoms with van der Waals surface area (Å²) in [5, 5.41) is 1.86. The molecule has 4 heteroatoms. The van der Waals surface area contributed by atoms with Crippen LogP contribution < -0.4 is 0 Å². The molecule has 0 saturated heterocycles. The van der Waals surface area contributed by atoms with Crippen molar-refractivity contribution in [1.29, 1.82) is 0 Å². The number of fused-ring (bicyclic) bond motifs is 1. The smallest absolute Gasteiger partial charge is 0.105 e. The van der Waals surface area contributed by atoms with Crippen molar-refractivity contribution in [2.45, 2.75) is 13.8 Å². The van der Waals surface area contributed by atoms with Gasteiger partial charge in [-0.25, -0.2) is 0 Å². The molecule has 2 heterocycles. The molecule has 0 aliphatic rings. The molecule has 3 nitrogen and oxygen atoms in total. The molecule has 0 atom stereocenters. The van der Waals surface area contributed by atoms with Crippen LogP contribution in [0, 0.1) is 0 Å². The van der Waals surface area contributed by atoms with Gasteiger partial charge in [0.15, 0.2) is 0 Å². The van der Waals surface area contributed by atoms with E-state index in [2.05, 4.69) is 20.6 Å². The van der Waals surface area contributed by atoms with E-state index in [-0.39, 0.29) is 0 Å². The lowest BCUT2D eigenvalue weighted by atomic mass is 10.2. The molecular formula is C15H16ClN3. The molecule has 0 amide bonds. The van der Waals surface area contributed by atoms with E-state index in [0.29, 0.717) is 0 Å². The Balaban J connectivity index is 0.000000637. The van der Waals surface area contributed by atoms with Gasteiger partial charge in [0.1, 0.15) is 5.69 Å². The minimum absolute atomic E-state index is 0.744. The van der Waals surface area contributed by atoms with Gasteiger partial charge in [-0.05, 0) is 24.3 Å². The summed E-state index contributed by atoms with van der Waals surface area (Å²) in [6, 6.07) is 7.93. The van der Waals surface area contributed by atoms with Crippen LogP contribution in [0.25, 0.3) is 22.3 Å². The molecule has 0 fully saturated rings. The third-order valence-electron chi connectivity index (χ3n) is 2.83. The maximum atomic E-state index is 5.99. The third-order valence-corrected chi connectivity index (χ3v) is 3.07. The second-order valence-electron chi connectivity index (χ2n) is 3.88. The van der Waals surface area contributed by atoms with Crippen LogP contribution in [0.4, 0.5) is 0 Å². The van der Waals surface area contributed by atoms with Gasteiger partial charge >= 0.3 is 0 Å². The summed E-state index contributed by atoms with van der Waals surface area (Å²) >= 11 is 5.99. The first kappa shape index (κ1) is 13.6. The van der Waals surface area contributed by atoms with Gasteiger partial charge in [0.25, 0.3) is 0 Å². The largest absolute Gasteiger partial charge is 0.342 e. The number of hydrogen-bond acceptors (Lipinski definition) is 2. The van der Waals surface area contributed by atoms with Crippen molar-refractivity contribution >= 4 is 22.5 Å². The molecule has 0 radical (unpaired) electrons. The zero-order valence-electron chi connectivity index (χ0n) is 11.3. The average molecular weight is 274 g/mol. The molecule has 0 saturated carbocycles. The molecule has 0 unspecified atom stereocenters. The Bertz CT molecular complexity index is 674. The summed E-state index contributed by atoms with van der Waals surface area (Å²) in [5.74, 6) is 0. The zero-order chi connectivity index (χ0) is 13.8. The molecule has 0 spiro atoms. The lowest BCUT2D eigenvalue weighted by molar-refractivity contribution is 0.967. The van der Waals surface area contributed by atoms with Crippen LogP contribution in [0.3, 0.4) is 0 Å². The Morgan fingerprint density at radius 2 is 1.89 bits per heavy atom. The number of rotatable bonds is 1. The maximum absolute atomic E-state index is 5.99. The van der Waals surface area contributed by atoms with Crippen molar-refractivity contribution in [3.05, 3.63) is 47.9 Å². The van der Waals surface area contributed by atoms with Crippen molar-refractivity contribution in [1.82, 2.24) is 14.5 Å². The summed E-state index contributed by atoms with van der Waals surface area (Å²) in [4.78, 5) is 8.40. The molecule has 98 valence electrons. The Kier molecular flexibility index (Phi) is 4.17. The van der Waals surface area contributed by atoms with Crippen molar-refractivity contribution in [3.63, 3.8) is 0 Å². The third kappa shape index (κ3) is 2.61. The van der Waals surface area contributed by atoms with Crippen molar-refractivity contribution in [2.75, 3.05) is 0 Å². The van der Waals surface area contributed by atoms with Crippen LogP contribution in [-0.4, -0.2) is 14.5 Å². The maximum Gasteiger partial charge on any atom is 0.105 e. The standard InChI is InChI=1S/C13H10ClN3.C2H6/c1-17-12-3-2-10(14)6-9(12)7-13(17)11-8-15-4-5-16-11;1-2/h2-8H,1H3;1-2H3. The van der Waals surface area contributed by atoms with E-state index >= 15 is 0 Å². The summed E-state index contributed by atoms with van der Waals surface area (Å²) in [7, 11) is 2.01. The molecule has 0 aliphatic heterocycles. The van der Waals surface area contributed by atoms with Crippen LogP contribution in [0.15, 0.2) is 42.9 Å². The fourth-order valence-corrected chi connectivity index (χ4v) is 2.18. The molecule has 0 bridgehead atoms. The van der Waals surface area contributed by atoms with E-state index in [4.69, 9.17) is 11.6 Å². The van der Waals surface area contributed by atoms with Gasteiger partial charge in [-0.3, -0.25) is 9.97 Å². The van der Waals surface area contributed by atoms with E-state index in [1.165, 1.54) is 0 Å². The quantitative estimate of drug-likeness (QED) is 0.661. The number of aromatic nitrogens is 3. The van der Waals surface area contributed by atoms with Crippen molar-refractivity contribution < 1.29 is 0 Å². The predicted octanol–water partition coefficient (Wildman–Crippen LogP) is 4.31. The number of aryl methyl sites for hydroxylation is 1. The van der Waals surface area contributed by atoms with Crippen LogP contribution >= 0.6 is 11.6 Å². The van der Waals surface area contributed by atoms with Gasteiger partial charge in [0.05, 0.1) is 11.9 Å². The van der Waals surface area contributed by atoms with E-state index in [1.807, 2.05) is 39.1 Å². The second-order valence-corrected chi connectivity index (χ2v) is 4.32. The van der Waals surface area contributed by atoms with E-state index in [1.54, 1.807) is 18.6 Å². The summed E-state index contributed by atoms with van der Waals surface area (Å²) < 4.78 is 2.09. The van der Waals surface area contributed by atoms with Crippen LogP contribution in [-0.2, 0) is 7.05 Å². The highest BCUT2D eigenvalue weighted by molar-refractivity contribution is 6.31. The molecule has 2 aromatic heterocycles. The highest BCUT2D eigenvalue weighted by atomic mass is 35.5. The SMILES string of the molecule is CC.Cn1c(-c2cnccn2)cc2cc(Cl)ccc21. The predicted molar refractivity (Wildman–Crippen MR) is 80.3 cm³/mol. The van der Waals surface area contributed by atoms with Gasteiger partial charge < -0.3 is 4.57 Å². The lowest BCUT2D eigenvalue weighted by Gasteiger charge is -2.02.